The van der Waals surface area contributed by atoms with E-state index in [1.807, 2.05) is 6.07 Å². The van der Waals surface area contributed by atoms with Gasteiger partial charge in [0.05, 0.1) is 0 Å². The third-order valence-electron chi connectivity index (χ3n) is 6.68. The standard InChI is InChI=1S/C19H30N4O.ClH/c20-18-13-7-4-8-14(18)10-15(9-13)19(24)21-17-11-16(22-23-17)12-5-2-1-3-6-12;/h11-15,18H,1-10,20H2,(H2,21,22,23,24);1H. The van der Waals surface area contributed by atoms with E-state index in [0.29, 0.717) is 29.6 Å². The van der Waals surface area contributed by atoms with E-state index in [4.69, 9.17) is 5.73 Å². The van der Waals surface area contributed by atoms with Crippen molar-refractivity contribution < 1.29 is 4.79 Å². The molecule has 1 aromatic heterocycles. The molecule has 0 saturated heterocycles. The molecule has 3 fully saturated rings. The van der Waals surface area contributed by atoms with Crippen LogP contribution in [0.4, 0.5) is 5.82 Å². The van der Waals surface area contributed by atoms with Gasteiger partial charge in [0.2, 0.25) is 5.91 Å². The summed E-state index contributed by atoms with van der Waals surface area (Å²) in [5.74, 6) is 2.59. The molecule has 5 nitrogen and oxygen atoms in total. The average Bonchev–Trinajstić information content (AvgIpc) is 3.04. The number of nitrogens with two attached hydrogens (primary N) is 1. The summed E-state index contributed by atoms with van der Waals surface area (Å²) in [7, 11) is 0. The molecule has 3 aliphatic rings. The van der Waals surface area contributed by atoms with Gasteiger partial charge in [-0.05, 0) is 50.4 Å². The predicted octanol–water partition coefficient (Wildman–Crippen LogP) is 3.97. The summed E-state index contributed by atoms with van der Waals surface area (Å²) in [6, 6.07) is 2.36. The van der Waals surface area contributed by atoms with Gasteiger partial charge in [0.1, 0.15) is 0 Å². The van der Waals surface area contributed by atoms with Crippen molar-refractivity contribution in [2.75, 3.05) is 5.32 Å². The molecule has 2 atom stereocenters. The summed E-state index contributed by atoms with van der Waals surface area (Å²) >= 11 is 0. The molecule has 2 bridgehead atoms. The van der Waals surface area contributed by atoms with Crippen LogP contribution in [0.15, 0.2) is 6.07 Å². The smallest absolute Gasteiger partial charge is 0.228 e. The van der Waals surface area contributed by atoms with Gasteiger partial charge in [-0.1, -0.05) is 25.7 Å². The summed E-state index contributed by atoms with van der Waals surface area (Å²) in [5, 5.41) is 10.5. The molecule has 0 spiro atoms. The van der Waals surface area contributed by atoms with Crippen molar-refractivity contribution in [2.24, 2.45) is 23.5 Å². The van der Waals surface area contributed by atoms with Crippen LogP contribution in [-0.2, 0) is 4.79 Å². The first-order valence-corrected chi connectivity index (χ1v) is 9.82. The second kappa shape index (κ2) is 8.09. The highest BCUT2D eigenvalue weighted by Crippen LogP contribution is 2.42. The second-order valence-electron chi connectivity index (χ2n) is 8.23. The van der Waals surface area contributed by atoms with Crippen molar-refractivity contribution in [3.05, 3.63) is 11.8 Å². The number of anilines is 1. The summed E-state index contributed by atoms with van der Waals surface area (Å²) in [4.78, 5) is 12.7. The number of hydrogen-bond donors (Lipinski definition) is 3. The highest BCUT2D eigenvalue weighted by molar-refractivity contribution is 5.91. The zero-order valence-corrected chi connectivity index (χ0v) is 15.7. The van der Waals surface area contributed by atoms with Gasteiger partial charge in [-0.25, -0.2) is 0 Å². The van der Waals surface area contributed by atoms with Crippen molar-refractivity contribution in [2.45, 2.75) is 76.2 Å². The monoisotopic (exact) mass is 366 g/mol. The lowest BCUT2D eigenvalue weighted by molar-refractivity contribution is -0.122. The lowest BCUT2D eigenvalue weighted by atomic mass is 9.65. The molecule has 4 rings (SSSR count). The number of halogens is 1. The Hall–Kier alpha value is -1.07. The number of nitrogens with one attached hydrogen (secondary N) is 2. The molecular weight excluding hydrogens is 336 g/mol. The van der Waals surface area contributed by atoms with Crippen LogP contribution >= 0.6 is 12.4 Å². The lowest BCUT2D eigenvalue weighted by Crippen LogP contribution is -2.48. The molecule has 0 radical (unpaired) electrons. The Morgan fingerprint density at radius 3 is 2.44 bits per heavy atom. The van der Waals surface area contributed by atoms with Gasteiger partial charge in [0.25, 0.3) is 0 Å². The van der Waals surface area contributed by atoms with E-state index in [1.54, 1.807) is 0 Å². The number of carbonyl (C=O) groups excluding carboxylic acids is 1. The number of amides is 1. The van der Waals surface area contributed by atoms with Gasteiger partial charge in [0, 0.05) is 29.6 Å². The zero-order valence-electron chi connectivity index (χ0n) is 14.9. The minimum atomic E-state index is 0. The predicted molar refractivity (Wildman–Crippen MR) is 102 cm³/mol. The highest BCUT2D eigenvalue weighted by atomic mass is 35.5. The van der Waals surface area contributed by atoms with Crippen LogP contribution in [0.3, 0.4) is 0 Å². The number of aromatic amines is 1. The van der Waals surface area contributed by atoms with Crippen LogP contribution in [0.2, 0.25) is 0 Å². The molecule has 2 unspecified atom stereocenters. The van der Waals surface area contributed by atoms with Gasteiger partial charge in [-0.3, -0.25) is 9.89 Å². The minimum absolute atomic E-state index is 0. The molecule has 1 amide bonds. The Balaban J connectivity index is 0.00000182. The van der Waals surface area contributed by atoms with E-state index in [2.05, 4.69) is 15.5 Å². The van der Waals surface area contributed by atoms with E-state index in [-0.39, 0.29) is 24.2 Å². The Labute approximate surface area is 156 Å². The van der Waals surface area contributed by atoms with Crippen LogP contribution in [0, 0.1) is 17.8 Å². The van der Waals surface area contributed by atoms with E-state index >= 15 is 0 Å². The van der Waals surface area contributed by atoms with Gasteiger partial charge in [-0.15, -0.1) is 12.4 Å². The molecule has 25 heavy (non-hydrogen) atoms. The average molecular weight is 367 g/mol. The van der Waals surface area contributed by atoms with Crippen molar-refractivity contribution in [1.29, 1.82) is 0 Å². The number of nitrogens with zero attached hydrogens (tertiary/aromatic N) is 1. The fourth-order valence-electron chi connectivity index (χ4n) is 5.25. The zero-order chi connectivity index (χ0) is 16.5. The number of carbonyl (C=O) groups is 1. The van der Waals surface area contributed by atoms with Crippen molar-refractivity contribution in [3.63, 3.8) is 0 Å². The summed E-state index contributed by atoms with van der Waals surface area (Å²) in [5.41, 5.74) is 7.52. The molecule has 3 saturated carbocycles. The summed E-state index contributed by atoms with van der Waals surface area (Å²) < 4.78 is 0. The van der Waals surface area contributed by atoms with Gasteiger partial charge in [0.15, 0.2) is 5.82 Å². The number of H-pyrrole nitrogens is 1. The Morgan fingerprint density at radius 2 is 1.76 bits per heavy atom. The minimum Gasteiger partial charge on any atom is -0.327 e. The summed E-state index contributed by atoms with van der Waals surface area (Å²) in [6.07, 6.45) is 12.0. The maximum atomic E-state index is 12.7. The van der Waals surface area contributed by atoms with Crippen LogP contribution < -0.4 is 11.1 Å². The molecule has 0 aliphatic heterocycles. The fourth-order valence-corrected chi connectivity index (χ4v) is 5.25. The van der Waals surface area contributed by atoms with Crippen LogP contribution in [-0.4, -0.2) is 22.1 Å². The quantitative estimate of drug-likeness (QED) is 0.756. The molecule has 3 aliphatic carbocycles. The molecule has 1 aromatic rings. The number of rotatable bonds is 3. The third-order valence-corrected chi connectivity index (χ3v) is 6.68. The largest absolute Gasteiger partial charge is 0.327 e. The second-order valence-corrected chi connectivity index (χ2v) is 8.23. The highest BCUT2D eigenvalue weighted by Gasteiger charge is 2.40. The van der Waals surface area contributed by atoms with Gasteiger partial charge < -0.3 is 11.1 Å². The van der Waals surface area contributed by atoms with Crippen molar-refractivity contribution in [3.8, 4) is 0 Å². The van der Waals surface area contributed by atoms with Crippen molar-refractivity contribution in [1.82, 2.24) is 10.2 Å². The topological polar surface area (TPSA) is 83.8 Å². The molecule has 4 N–H and O–H groups in total. The maximum absolute atomic E-state index is 12.7. The SMILES string of the molecule is Cl.NC1C2CCCC1CC(C(=O)Nc1cc(C3CCCCC3)[nH]n1)C2. The molecular formula is C19H31ClN4O. The van der Waals surface area contributed by atoms with E-state index < -0.39 is 0 Å². The van der Waals surface area contributed by atoms with Gasteiger partial charge in [-0.2, -0.15) is 5.10 Å². The van der Waals surface area contributed by atoms with Gasteiger partial charge >= 0.3 is 0 Å². The number of aromatic nitrogens is 2. The summed E-state index contributed by atoms with van der Waals surface area (Å²) in [6.45, 7) is 0. The Morgan fingerprint density at radius 1 is 1.08 bits per heavy atom. The molecule has 140 valence electrons. The first kappa shape index (κ1) is 18.7. The molecule has 6 heteroatoms. The van der Waals surface area contributed by atoms with Crippen molar-refractivity contribution >= 4 is 24.1 Å². The maximum Gasteiger partial charge on any atom is 0.228 e. The Kier molecular flexibility index (Phi) is 6.05. The van der Waals surface area contributed by atoms with Crippen LogP contribution in [0.25, 0.3) is 0 Å². The van der Waals surface area contributed by atoms with E-state index in [9.17, 15) is 4.79 Å². The number of hydrogen-bond acceptors (Lipinski definition) is 3. The van der Waals surface area contributed by atoms with E-state index in [1.165, 1.54) is 57.1 Å². The van der Waals surface area contributed by atoms with E-state index in [0.717, 1.165) is 12.8 Å². The third kappa shape index (κ3) is 4.03. The fraction of sp³-hybridized carbons (Fsp3) is 0.789. The lowest BCUT2D eigenvalue weighted by Gasteiger charge is -2.43. The first-order chi connectivity index (χ1) is 11.7. The Bertz CT molecular complexity index is 570. The van der Waals surface area contributed by atoms with Crippen LogP contribution in [0.5, 0.6) is 0 Å². The van der Waals surface area contributed by atoms with Crippen LogP contribution in [0.1, 0.15) is 75.8 Å². The molecule has 0 aromatic carbocycles. The first-order valence-electron chi connectivity index (χ1n) is 9.82. The number of fused-ring (bicyclic) bond motifs is 2. The normalized spacial score (nSPS) is 32.7. The molecule has 1 heterocycles.